The molecule has 1 aromatic carbocycles. The molecular formula is C17H28N2. The Labute approximate surface area is 118 Å². The van der Waals surface area contributed by atoms with Gasteiger partial charge >= 0.3 is 0 Å². The molecule has 0 spiro atoms. The van der Waals surface area contributed by atoms with Gasteiger partial charge in [-0.3, -0.25) is 4.90 Å². The Balaban J connectivity index is 2.09. The Morgan fingerprint density at radius 2 is 1.84 bits per heavy atom. The fourth-order valence-corrected chi connectivity index (χ4v) is 2.76. The molecule has 2 rings (SSSR count). The summed E-state index contributed by atoms with van der Waals surface area (Å²) >= 11 is 0. The van der Waals surface area contributed by atoms with Gasteiger partial charge in [-0.1, -0.05) is 44.2 Å². The number of hydrogen-bond acceptors (Lipinski definition) is 2. The second-order valence-electron chi connectivity index (χ2n) is 6.16. The van der Waals surface area contributed by atoms with E-state index < -0.39 is 0 Å². The SMILES string of the molecule is CC(C)CCN(C1CC1)C(CCN)c1ccccc1. The van der Waals surface area contributed by atoms with E-state index in [0.717, 1.165) is 24.9 Å². The Morgan fingerprint density at radius 3 is 2.37 bits per heavy atom. The molecule has 1 atom stereocenters. The summed E-state index contributed by atoms with van der Waals surface area (Å²) in [5.74, 6) is 0.774. The summed E-state index contributed by atoms with van der Waals surface area (Å²) in [5, 5.41) is 0. The molecule has 0 radical (unpaired) electrons. The second-order valence-corrected chi connectivity index (χ2v) is 6.16. The molecule has 0 heterocycles. The van der Waals surface area contributed by atoms with Crippen LogP contribution in [-0.4, -0.2) is 24.0 Å². The highest BCUT2D eigenvalue weighted by molar-refractivity contribution is 5.19. The van der Waals surface area contributed by atoms with E-state index in [1.54, 1.807) is 0 Å². The highest BCUT2D eigenvalue weighted by atomic mass is 15.2. The van der Waals surface area contributed by atoms with Crippen LogP contribution in [0, 0.1) is 5.92 Å². The fraction of sp³-hybridized carbons (Fsp3) is 0.647. The minimum atomic E-state index is 0.512. The van der Waals surface area contributed by atoms with E-state index in [4.69, 9.17) is 5.73 Å². The number of rotatable bonds is 8. The van der Waals surface area contributed by atoms with Crippen molar-refractivity contribution in [1.82, 2.24) is 4.90 Å². The summed E-state index contributed by atoms with van der Waals surface area (Å²) in [6.45, 7) is 6.60. The summed E-state index contributed by atoms with van der Waals surface area (Å²) in [5.41, 5.74) is 7.29. The third-order valence-electron chi connectivity index (χ3n) is 4.01. The smallest absolute Gasteiger partial charge is 0.0363 e. The quantitative estimate of drug-likeness (QED) is 0.774. The normalized spacial score (nSPS) is 17.1. The van der Waals surface area contributed by atoms with Crippen molar-refractivity contribution < 1.29 is 0 Å². The molecule has 1 aliphatic carbocycles. The lowest BCUT2D eigenvalue weighted by Gasteiger charge is -2.32. The van der Waals surface area contributed by atoms with Crippen molar-refractivity contribution in [2.24, 2.45) is 11.7 Å². The van der Waals surface area contributed by atoms with Crippen molar-refractivity contribution in [1.29, 1.82) is 0 Å². The third-order valence-corrected chi connectivity index (χ3v) is 4.01. The van der Waals surface area contributed by atoms with Gasteiger partial charge < -0.3 is 5.73 Å². The van der Waals surface area contributed by atoms with Crippen molar-refractivity contribution in [2.45, 2.75) is 51.6 Å². The van der Waals surface area contributed by atoms with Crippen LogP contribution in [0.15, 0.2) is 30.3 Å². The van der Waals surface area contributed by atoms with E-state index >= 15 is 0 Å². The third kappa shape index (κ3) is 4.32. The van der Waals surface area contributed by atoms with Crippen LogP contribution < -0.4 is 5.73 Å². The van der Waals surface area contributed by atoms with Crippen molar-refractivity contribution in [3.8, 4) is 0 Å². The molecular weight excluding hydrogens is 232 g/mol. The lowest BCUT2D eigenvalue weighted by Crippen LogP contribution is -2.33. The van der Waals surface area contributed by atoms with Gasteiger partial charge in [-0.15, -0.1) is 0 Å². The molecule has 1 unspecified atom stereocenters. The summed E-state index contributed by atoms with van der Waals surface area (Å²) in [6.07, 6.45) is 5.08. The van der Waals surface area contributed by atoms with Crippen molar-refractivity contribution in [3.63, 3.8) is 0 Å². The Kier molecular flexibility index (Phi) is 5.41. The van der Waals surface area contributed by atoms with Gasteiger partial charge in [-0.05, 0) is 50.3 Å². The number of benzene rings is 1. The zero-order valence-electron chi connectivity index (χ0n) is 12.4. The zero-order valence-corrected chi connectivity index (χ0v) is 12.4. The molecule has 0 aliphatic heterocycles. The van der Waals surface area contributed by atoms with Crippen molar-refractivity contribution in [3.05, 3.63) is 35.9 Å². The van der Waals surface area contributed by atoms with Crippen LogP contribution in [0.1, 0.15) is 51.1 Å². The van der Waals surface area contributed by atoms with Crippen molar-refractivity contribution in [2.75, 3.05) is 13.1 Å². The Morgan fingerprint density at radius 1 is 1.16 bits per heavy atom. The topological polar surface area (TPSA) is 29.3 Å². The number of nitrogens with two attached hydrogens (primary N) is 1. The summed E-state index contributed by atoms with van der Waals surface area (Å²) in [4.78, 5) is 2.71. The van der Waals surface area contributed by atoms with Gasteiger partial charge in [-0.25, -0.2) is 0 Å². The molecule has 0 saturated heterocycles. The largest absolute Gasteiger partial charge is 0.330 e. The molecule has 2 heteroatoms. The van der Waals surface area contributed by atoms with Gasteiger partial charge in [0, 0.05) is 12.1 Å². The van der Waals surface area contributed by atoms with Gasteiger partial charge in [0.1, 0.15) is 0 Å². The van der Waals surface area contributed by atoms with E-state index in [0.29, 0.717) is 6.04 Å². The molecule has 2 nitrogen and oxygen atoms in total. The Hall–Kier alpha value is -0.860. The molecule has 0 aromatic heterocycles. The first-order valence-electron chi connectivity index (χ1n) is 7.73. The first kappa shape index (κ1) is 14.5. The van der Waals surface area contributed by atoms with Gasteiger partial charge in [0.2, 0.25) is 0 Å². The highest BCUT2D eigenvalue weighted by Crippen LogP contribution is 2.36. The average Bonchev–Trinajstić information content (AvgIpc) is 3.23. The number of nitrogens with zero attached hydrogens (tertiary/aromatic N) is 1. The zero-order chi connectivity index (χ0) is 13.7. The molecule has 0 amide bonds. The van der Waals surface area contributed by atoms with Crippen LogP contribution >= 0.6 is 0 Å². The fourth-order valence-electron chi connectivity index (χ4n) is 2.76. The minimum absolute atomic E-state index is 0.512. The van der Waals surface area contributed by atoms with Crippen LogP contribution in [0.4, 0.5) is 0 Å². The van der Waals surface area contributed by atoms with Crippen LogP contribution in [0.25, 0.3) is 0 Å². The standard InChI is InChI=1S/C17H28N2/c1-14(2)11-13-19(16-8-9-16)17(10-12-18)15-6-4-3-5-7-15/h3-7,14,16-17H,8-13,18H2,1-2H3. The molecule has 106 valence electrons. The van der Waals surface area contributed by atoms with Gasteiger partial charge in [-0.2, -0.15) is 0 Å². The lowest BCUT2D eigenvalue weighted by molar-refractivity contribution is 0.169. The van der Waals surface area contributed by atoms with E-state index in [1.165, 1.54) is 31.4 Å². The first-order valence-corrected chi connectivity index (χ1v) is 7.73. The van der Waals surface area contributed by atoms with E-state index in [1.807, 2.05) is 0 Å². The summed E-state index contributed by atoms with van der Waals surface area (Å²) in [6, 6.07) is 12.2. The minimum Gasteiger partial charge on any atom is -0.330 e. The maximum Gasteiger partial charge on any atom is 0.0363 e. The molecule has 0 bridgehead atoms. The molecule has 1 aliphatic rings. The van der Waals surface area contributed by atoms with E-state index in [2.05, 4.69) is 49.1 Å². The van der Waals surface area contributed by atoms with E-state index in [9.17, 15) is 0 Å². The molecule has 2 N–H and O–H groups in total. The predicted octanol–water partition coefficient (Wildman–Crippen LogP) is 3.59. The predicted molar refractivity (Wildman–Crippen MR) is 82.0 cm³/mol. The van der Waals surface area contributed by atoms with Gasteiger partial charge in [0.05, 0.1) is 0 Å². The van der Waals surface area contributed by atoms with Gasteiger partial charge in [0.15, 0.2) is 0 Å². The van der Waals surface area contributed by atoms with Gasteiger partial charge in [0.25, 0.3) is 0 Å². The molecule has 19 heavy (non-hydrogen) atoms. The lowest BCUT2D eigenvalue weighted by atomic mass is 10.0. The van der Waals surface area contributed by atoms with Crippen LogP contribution in [0.2, 0.25) is 0 Å². The summed E-state index contributed by atoms with van der Waals surface area (Å²) < 4.78 is 0. The van der Waals surface area contributed by atoms with Crippen LogP contribution in [-0.2, 0) is 0 Å². The first-order chi connectivity index (χ1) is 9.22. The monoisotopic (exact) mass is 260 g/mol. The maximum absolute atomic E-state index is 5.85. The Bertz CT molecular complexity index is 357. The summed E-state index contributed by atoms with van der Waals surface area (Å²) in [7, 11) is 0. The average molecular weight is 260 g/mol. The van der Waals surface area contributed by atoms with Crippen molar-refractivity contribution >= 4 is 0 Å². The van der Waals surface area contributed by atoms with Crippen LogP contribution in [0.3, 0.4) is 0 Å². The maximum atomic E-state index is 5.85. The highest BCUT2D eigenvalue weighted by Gasteiger charge is 2.33. The molecule has 1 fully saturated rings. The molecule has 1 saturated carbocycles. The van der Waals surface area contributed by atoms with E-state index in [-0.39, 0.29) is 0 Å². The van der Waals surface area contributed by atoms with Crippen LogP contribution in [0.5, 0.6) is 0 Å². The molecule has 1 aromatic rings. The second kappa shape index (κ2) is 7.06. The number of hydrogen-bond donors (Lipinski definition) is 1.